The molecule has 2 unspecified atom stereocenters. The van der Waals surface area contributed by atoms with Gasteiger partial charge in [0.15, 0.2) is 0 Å². The number of rotatable bonds is 4. The maximum atomic E-state index is 13.3. The Morgan fingerprint density at radius 2 is 2.30 bits per heavy atom. The van der Waals surface area contributed by atoms with E-state index in [9.17, 15) is 9.18 Å². The Balaban J connectivity index is 2.28. The number of esters is 1. The molecule has 0 aromatic heterocycles. The molecule has 2 atom stereocenters. The molecule has 1 N–H and O–H groups in total. The molecule has 0 spiro atoms. The van der Waals surface area contributed by atoms with Crippen molar-refractivity contribution >= 4 is 11.7 Å². The first kappa shape index (κ1) is 14.8. The molecule has 20 heavy (non-hydrogen) atoms. The van der Waals surface area contributed by atoms with Gasteiger partial charge in [-0.2, -0.15) is 0 Å². The van der Waals surface area contributed by atoms with Gasteiger partial charge in [-0.15, -0.1) is 0 Å². The smallest absolute Gasteiger partial charge is 0.332 e. The summed E-state index contributed by atoms with van der Waals surface area (Å²) >= 11 is 0. The van der Waals surface area contributed by atoms with E-state index < -0.39 is 5.54 Å². The van der Waals surface area contributed by atoms with Gasteiger partial charge < -0.3 is 10.1 Å². The second-order valence-corrected chi connectivity index (χ2v) is 5.47. The van der Waals surface area contributed by atoms with Gasteiger partial charge in [0.05, 0.1) is 6.61 Å². The second-order valence-electron chi connectivity index (χ2n) is 5.47. The number of nitrogens with one attached hydrogen (secondary N) is 1. The minimum Gasteiger partial charge on any atom is -0.464 e. The highest BCUT2D eigenvalue weighted by molar-refractivity contribution is 5.85. The Morgan fingerprint density at radius 3 is 2.95 bits per heavy atom. The third kappa shape index (κ3) is 2.94. The van der Waals surface area contributed by atoms with Crippen LogP contribution in [0.3, 0.4) is 0 Å². The third-order valence-corrected chi connectivity index (χ3v) is 4.13. The van der Waals surface area contributed by atoms with Gasteiger partial charge >= 0.3 is 5.97 Å². The number of benzene rings is 1. The van der Waals surface area contributed by atoms with Gasteiger partial charge in [-0.05, 0) is 43.9 Å². The van der Waals surface area contributed by atoms with Crippen LogP contribution in [-0.4, -0.2) is 18.1 Å². The van der Waals surface area contributed by atoms with Crippen molar-refractivity contribution in [3.63, 3.8) is 0 Å². The van der Waals surface area contributed by atoms with E-state index >= 15 is 0 Å². The maximum Gasteiger partial charge on any atom is 0.332 e. The zero-order valence-corrected chi connectivity index (χ0v) is 12.1. The van der Waals surface area contributed by atoms with Crippen molar-refractivity contribution < 1.29 is 13.9 Å². The second kappa shape index (κ2) is 6.25. The summed E-state index contributed by atoms with van der Waals surface area (Å²) in [7, 11) is 0. The molecule has 0 aliphatic heterocycles. The Hall–Kier alpha value is -1.58. The molecular formula is C16H22FNO2. The summed E-state index contributed by atoms with van der Waals surface area (Å²) < 4.78 is 18.6. The number of carbonyl (C=O) groups is 1. The lowest BCUT2D eigenvalue weighted by molar-refractivity contribution is -0.151. The minimum absolute atomic E-state index is 0.165. The normalized spacial score (nSPS) is 26.1. The maximum absolute atomic E-state index is 13.3. The average molecular weight is 279 g/mol. The predicted octanol–water partition coefficient (Wildman–Crippen LogP) is 3.75. The fourth-order valence-corrected chi connectivity index (χ4v) is 2.97. The van der Waals surface area contributed by atoms with Crippen molar-refractivity contribution in [2.75, 3.05) is 11.9 Å². The van der Waals surface area contributed by atoms with Crippen LogP contribution in [0.15, 0.2) is 24.3 Å². The largest absolute Gasteiger partial charge is 0.464 e. The van der Waals surface area contributed by atoms with Crippen LogP contribution >= 0.6 is 0 Å². The van der Waals surface area contributed by atoms with Crippen molar-refractivity contribution in [2.45, 2.75) is 45.1 Å². The summed E-state index contributed by atoms with van der Waals surface area (Å²) in [5, 5.41) is 3.26. The standard InChI is InChI=1S/C16H22FNO2/c1-3-20-15(19)16(10-5-4-7-12(16)2)18-14-9-6-8-13(17)11-14/h6,8-9,11-12,18H,3-5,7,10H2,1-2H3. The Bertz CT molecular complexity index is 477. The number of ether oxygens (including phenoxy) is 1. The lowest BCUT2D eigenvalue weighted by Gasteiger charge is -2.41. The van der Waals surface area contributed by atoms with E-state index in [0.717, 1.165) is 25.7 Å². The quantitative estimate of drug-likeness (QED) is 0.853. The lowest BCUT2D eigenvalue weighted by atomic mass is 9.73. The van der Waals surface area contributed by atoms with Crippen molar-refractivity contribution in [3.8, 4) is 0 Å². The fraction of sp³-hybridized carbons (Fsp3) is 0.562. The molecule has 1 aliphatic carbocycles. The van der Waals surface area contributed by atoms with Gasteiger partial charge in [-0.1, -0.05) is 25.8 Å². The Morgan fingerprint density at radius 1 is 1.50 bits per heavy atom. The van der Waals surface area contributed by atoms with Crippen LogP contribution in [0.4, 0.5) is 10.1 Å². The van der Waals surface area contributed by atoms with Crippen molar-refractivity contribution in [1.29, 1.82) is 0 Å². The van der Waals surface area contributed by atoms with E-state index in [1.807, 2.05) is 0 Å². The molecule has 1 saturated carbocycles. The third-order valence-electron chi connectivity index (χ3n) is 4.13. The van der Waals surface area contributed by atoms with Crippen LogP contribution in [0.5, 0.6) is 0 Å². The molecular weight excluding hydrogens is 257 g/mol. The Kier molecular flexibility index (Phi) is 4.63. The molecule has 1 aliphatic rings. The Labute approximate surface area is 119 Å². The summed E-state index contributed by atoms with van der Waals surface area (Å²) in [4.78, 5) is 12.4. The molecule has 110 valence electrons. The van der Waals surface area contributed by atoms with Crippen LogP contribution in [0, 0.1) is 11.7 Å². The van der Waals surface area contributed by atoms with Gasteiger partial charge in [0.2, 0.25) is 0 Å². The van der Waals surface area contributed by atoms with Crippen molar-refractivity contribution in [3.05, 3.63) is 30.1 Å². The summed E-state index contributed by atoms with van der Waals surface area (Å²) in [5.74, 6) is -0.368. The van der Waals surface area contributed by atoms with Gasteiger partial charge in [-0.3, -0.25) is 0 Å². The first-order chi connectivity index (χ1) is 9.58. The van der Waals surface area contributed by atoms with Crippen LogP contribution in [-0.2, 0) is 9.53 Å². The van der Waals surface area contributed by atoms with E-state index in [2.05, 4.69) is 12.2 Å². The van der Waals surface area contributed by atoms with Gasteiger partial charge in [-0.25, -0.2) is 9.18 Å². The summed E-state index contributed by atoms with van der Waals surface area (Å²) in [6.45, 7) is 4.22. The fourth-order valence-electron chi connectivity index (χ4n) is 2.97. The van der Waals surface area contributed by atoms with Gasteiger partial charge in [0.1, 0.15) is 11.4 Å². The molecule has 2 rings (SSSR count). The van der Waals surface area contributed by atoms with Crippen LogP contribution in [0.25, 0.3) is 0 Å². The monoisotopic (exact) mass is 279 g/mol. The number of halogens is 1. The highest BCUT2D eigenvalue weighted by Crippen LogP contribution is 2.37. The van der Waals surface area contributed by atoms with Crippen LogP contribution in [0.2, 0.25) is 0 Å². The number of carbonyl (C=O) groups excluding carboxylic acids is 1. The summed E-state index contributed by atoms with van der Waals surface area (Å²) in [6.07, 6.45) is 3.79. The van der Waals surface area contributed by atoms with Gasteiger partial charge in [0, 0.05) is 5.69 Å². The molecule has 0 radical (unpaired) electrons. The van der Waals surface area contributed by atoms with E-state index in [1.165, 1.54) is 12.1 Å². The van der Waals surface area contributed by atoms with Crippen molar-refractivity contribution in [1.82, 2.24) is 0 Å². The highest BCUT2D eigenvalue weighted by atomic mass is 19.1. The molecule has 1 aromatic carbocycles. The molecule has 0 bridgehead atoms. The predicted molar refractivity (Wildman–Crippen MR) is 77.0 cm³/mol. The number of hydrogen-bond donors (Lipinski definition) is 1. The SMILES string of the molecule is CCOC(=O)C1(Nc2cccc(F)c2)CCCCC1C. The molecule has 3 nitrogen and oxygen atoms in total. The molecule has 0 amide bonds. The molecule has 0 heterocycles. The van der Waals surface area contributed by atoms with E-state index in [4.69, 9.17) is 4.74 Å². The van der Waals surface area contributed by atoms with E-state index in [-0.39, 0.29) is 17.7 Å². The highest BCUT2D eigenvalue weighted by Gasteiger charge is 2.46. The van der Waals surface area contributed by atoms with Gasteiger partial charge in [0.25, 0.3) is 0 Å². The topological polar surface area (TPSA) is 38.3 Å². The molecule has 0 saturated heterocycles. The molecule has 1 fully saturated rings. The summed E-state index contributed by atoms with van der Waals surface area (Å²) in [6, 6.07) is 6.24. The first-order valence-electron chi connectivity index (χ1n) is 7.29. The lowest BCUT2D eigenvalue weighted by Crippen LogP contribution is -2.54. The van der Waals surface area contributed by atoms with Crippen LogP contribution < -0.4 is 5.32 Å². The number of anilines is 1. The van der Waals surface area contributed by atoms with Crippen molar-refractivity contribution in [2.24, 2.45) is 5.92 Å². The molecule has 1 aromatic rings. The average Bonchev–Trinajstić information content (AvgIpc) is 2.42. The summed E-state index contributed by atoms with van der Waals surface area (Å²) in [5.41, 5.74) is -0.103. The van der Waals surface area contributed by atoms with E-state index in [1.54, 1.807) is 19.1 Å². The first-order valence-corrected chi connectivity index (χ1v) is 7.29. The number of hydrogen-bond acceptors (Lipinski definition) is 3. The zero-order valence-electron chi connectivity index (χ0n) is 12.1. The van der Waals surface area contributed by atoms with Crippen LogP contribution in [0.1, 0.15) is 39.5 Å². The molecule has 4 heteroatoms. The minimum atomic E-state index is -0.734. The van der Waals surface area contributed by atoms with E-state index in [0.29, 0.717) is 12.3 Å². The zero-order chi connectivity index (χ0) is 14.6.